The fourth-order valence-corrected chi connectivity index (χ4v) is 4.45. The topological polar surface area (TPSA) is 12.0 Å². The first kappa shape index (κ1) is 15.8. The lowest BCUT2D eigenvalue weighted by Crippen LogP contribution is -2.44. The molecule has 0 aliphatic heterocycles. The summed E-state index contributed by atoms with van der Waals surface area (Å²) in [6, 6.07) is 4.27. The van der Waals surface area contributed by atoms with Crippen LogP contribution in [0.2, 0.25) is 0 Å². The fraction of sp³-hybridized carbons (Fsp3) is 0.625. The molecule has 1 aliphatic rings. The van der Waals surface area contributed by atoms with Crippen molar-refractivity contribution in [3.63, 3.8) is 0 Å². The highest BCUT2D eigenvalue weighted by Crippen LogP contribution is 2.43. The molecular formula is C16H23F2NS. The molecule has 2 rings (SSSR count). The van der Waals surface area contributed by atoms with E-state index >= 15 is 0 Å². The van der Waals surface area contributed by atoms with Crippen LogP contribution < -0.4 is 5.32 Å². The maximum Gasteiger partial charge on any atom is 0.139 e. The van der Waals surface area contributed by atoms with E-state index in [-0.39, 0.29) is 0 Å². The van der Waals surface area contributed by atoms with Crippen molar-refractivity contribution >= 4 is 11.8 Å². The molecule has 0 saturated heterocycles. The molecule has 112 valence electrons. The van der Waals surface area contributed by atoms with E-state index in [4.69, 9.17) is 0 Å². The van der Waals surface area contributed by atoms with E-state index in [0.29, 0.717) is 21.6 Å². The third-order valence-electron chi connectivity index (χ3n) is 3.97. The monoisotopic (exact) mass is 299 g/mol. The highest BCUT2D eigenvalue weighted by molar-refractivity contribution is 8.00. The van der Waals surface area contributed by atoms with Crippen molar-refractivity contribution < 1.29 is 8.78 Å². The van der Waals surface area contributed by atoms with Crippen LogP contribution in [0.1, 0.15) is 40.0 Å². The first-order valence-corrected chi connectivity index (χ1v) is 8.14. The molecular weight excluding hydrogens is 276 g/mol. The SMILES string of the molecule is CCNC1CCC(C)(C)CC1Sc1ccc(F)cc1F. The Kier molecular flexibility index (Phi) is 5.08. The smallest absolute Gasteiger partial charge is 0.139 e. The van der Waals surface area contributed by atoms with E-state index in [0.717, 1.165) is 25.5 Å². The second-order valence-corrected chi connectivity index (χ2v) is 7.58. The summed E-state index contributed by atoms with van der Waals surface area (Å²) >= 11 is 1.55. The molecule has 1 aromatic carbocycles. The normalized spacial score (nSPS) is 25.6. The van der Waals surface area contributed by atoms with Gasteiger partial charge < -0.3 is 5.32 Å². The summed E-state index contributed by atoms with van der Waals surface area (Å²) in [6.07, 6.45) is 3.35. The van der Waals surface area contributed by atoms with Crippen LogP contribution in [-0.4, -0.2) is 17.8 Å². The molecule has 1 saturated carbocycles. The van der Waals surface area contributed by atoms with Crippen LogP contribution >= 0.6 is 11.8 Å². The van der Waals surface area contributed by atoms with Crippen molar-refractivity contribution in [2.45, 2.75) is 56.2 Å². The van der Waals surface area contributed by atoms with Crippen molar-refractivity contribution in [1.29, 1.82) is 0 Å². The molecule has 20 heavy (non-hydrogen) atoms. The maximum absolute atomic E-state index is 13.8. The zero-order valence-corrected chi connectivity index (χ0v) is 13.2. The predicted octanol–water partition coefficient (Wildman–Crippen LogP) is 4.61. The molecule has 1 aromatic rings. The van der Waals surface area contributed by atoms with E-state index in [2.05, 4.69) is 26.1 Å². The largest absolute Gasteiger partial charge is 0.313 e. The van der Waals surface area contributed by atoms with Crippen molar-refractivity contribution in [1.82, 2.24) is 5.32 Å². The van der Waals surface area contributed by atoms with Gasteiger partial charge in [0.05, 0.1) is 0 Å². The predicted molar refractivity (Wildman–Crippen MR) is 81.1 cm³/mol. The Morgan fingerprint density at radius 2 is 2.10 bits per heavy atom. The van der Waals surface area contributed by atoms with Gasteiger partial charge in [-0.25, -0.2) is 8.78 Å². The number of hydrogen-bond donors (Lipinski definition) is 1. The van der Waals surface area contributed by atoms with Crippen molar-refractivity contribution in [3.05, 3.63) is 29.8 Å². The summed E-state index contributed by atoms with van der Waals surface area (Å²) in [5.74, 6) is -0.965. The van der Waals surface area contributed by atoms with Gasteiger partial charge in [0.2, 0.25) is 0 Å². The molecule has 0 aromatic heterocycles. The lowest BCUT2D eigenvalue weighted by atomic mass is 9.75. The van der Waals surface area contributed by atoms with Crippen molar-refractivity contribution in [2.24, 2.45) is 5.41 Å². The molecule has 1 N–H and O–H groups in total. The number of thioether (sulfide) groups is 1. The van der Waals surface area contributed by atoms with Crippen molar-refractivity contribution in [2.75, 3.05) is 6.54 Å². The van der Waals surface area contributed by atoms with Crippen LogP contribution in [0.5, 0.6) is 0 Å². The van der Waals surface area contributed by atoms with E-state index in [1.807, 2.05) is 0 Å². The van der Waals surface area contributed by atoms with Crippen LogP contribution in [-0.2, 0) is 0 Å². The summed E-state index contributed by atoms with van der Waals surface area (Å²) < 4.78 is 26.8. The first-order chi connectivity index (χ1) is 9.41. The third-order valence-corrected chi connectivity index (χ3v) is 5.36. The summed E-state index contributed by atoms with van der Waals surface area (Å²) in [6.45, 7) is 7.56. The van der Waals surface area contributed by atoms with Gasteiger partial charge in [0, 0.05) is 22.3 Å². The second kappa shape index (κ2) is 6.44. The van der Waals surface area contributed by atoms with Gasteiger partial charge in [-0.2, -0.15) is 0 Å². The minimum absolute atomic E-state index is 0.292. The number of benzene rings is 1. The van der Waals surface area contributed by atoms with E-state index in [1.54, 1.807) is 17.8 Å². The van der Waals surface area contributed by atoms with Gasteiger partial charge in [-0.05, 0) is 43.4 Å². The van der Waals surface area contributed by atoms with Gasteiger partial charge in [-0.3, -0.25) is 0 Å². The molecule has 1 aliphatic carbocycles. The van der Waals surface area contributed by atoms with E-state index in [1.165, 1.54) is 12.5 Å². The Labute approximate surface area is 124 Å². The van der Waals surface area contributed by atoms with Gasteiger partial charge >= 0.3 is 0 Å². The Bertz CT molecular complexity index is 462. The Hall–Kier alpha value is -0.610. The van der Waals surface area contributed by atoms with Crippen LogP contribution in [0.15, 0.2) is 23.1 Å². The van der Waals surface area contributed by atoms with Gasteiger partial charge in [0.1, 0.15) is 11.6 Å². The fourth-order valence-electron chi connectivity index (χ4n) is 2.87. The van der Waals surface area contributed by atoms with Crippen LogP contribution in [0.4, 0.5) is 8.78 Å². The molecule has 4 heteroatoms. The van der Waals surface area contributed by atoms with Crippen molar-refractivity contribution in [3.8, 4) is 0 Å². The summed E-state index contributed by atoms with van der Waals surface area (Å²) in [7, 11) is 0. The van der Waals surface area contributed by atoms with Gasteiger partial charge in [0.15, 0.2) is 0 Å². The van der Waals surface area contributed by atoms with Crippen LogP contribution in [0, 0.1) is 17.0 Å². The average Bonchev–Trinajstić information content (AvgIpc) is 2.36. The molecule has 0 radical (unpaired) electrons. The zero-order chi connectivity index (χ0) is 14.8. The quantitative estimate of drug-likeness (QED) is 0.871. The Balaban J connectivity index is 2.14. The van der Waals surface area contributed by atoms with E-state index in [9.17, 15) is 8.78 Å². The summed E-state index contributed by atoms with van der Waals surface area (Å²) in [4.78, 5) is 0.553. The highest BCUT2D eigenvalue weighted by atomic mass is 32.2. The van der Waals surface area contributed by atoms with Gasteiger partial charge in [-0.15, -0.1) is 11.8 Å². The van der Waals surface area contributed by atoms with Gasteiger partial charge in [-0.1, -0.05) is 20.8 Å². The highest BCUT2D eigenvalue weighted by Gasteiger charge is 2.35. The number of hydrogen-bond acceptors (Lipinski definition) is 2. The third kappa shape index (κ3) is 3.95. The maximum atomic E-state index is 13.8. The minimum Gasteiger partial charge on any atom is -0.313 e. The number of halogens is 2. The summed E-state index contributed by atoms with van der Waals surface area (Å²) in [5.41, 5.74) is 0.292. The molecule has 0 spiro atoms. The Morgan fingerprint density at radius 1 is 1.35 bits per heavy atom. The minimum atomic E-state index is -0.515. The number of nitrogens with one attached hydrogen (secondary N) is 1. The second-order valence-electron chi connectivity index (χ2n) is 6.30. The lowest BCUT2D eigenvalue weighted by Gasteiger charge is -2.40. The number of rotatable bonds is 4. The summed E-state index contributed by atoms with van der Waals surface area (Å²) in [5, 5.41) is 3.84. The molecule has 0 heterocycles. The lowest BCUT2D eigenvalue weighted by molar-refractivity contribution is 0.215. The Morgan fingerprint density at radius 3 is 2.75 bits per heavy atom. The molecule has 2 unspecified atom stereocenters. The molecule has 0 amide bonds. The molecule has 1 fully saturated rings. The average molecular weight is 299 g/mol. The molecule has 0 bridgehead atoms. The molecule has 2 atom stereocenters. The first-order valence-electron chi connectivity index (χ1n) is 7.26. The van der Waals surface area contributed by atoms with E-state index < -0.39 is 11.6 Å². The van der Waals surface area contributed by atoms with Crippen LogP contribution in [0.25, 0.3) is 0 Å². The molecule has 1 nitrogen and oxygen atoms in total. The zero-order valence-electron chi connectivity index (χ0n) is 12.4. The standard InChI is InChI=1S/C16H23F2NS/c1-4-19-13-7-8-16(2,3)10-15(13)20-14-6-5-11(17)9-12(14)18/h5-6,9,13,15,19H,4,7-8,10H2,1-3H3. The van der Waals surface area contributed by atoms with Gasteiger partial charge in [0.25, 0.3) is 0 Å². The van der Waals surface area contributed by atoms with Crippen LogP contribution in [0.3, 0.4) is 0 Å².